The van der Waals surface area contributed by atoms with Gasteiger partial charge in [0.25, 0.3) is 0 Å². The zero-order valence-corrected chi connectivity index (χ0v) is 8.37. The number of hydrogen-bond donors (Lipinski definition) is 0. The van der Waals surface area contributed by atoms with Gasteiger partial charge in [0.05, 0.1) is 0 Å². The van der Waals surface area contributed by atoms with Crippen LogP contribution in [0.5, 0.6) is 0 Å². The molecule has 13 heavy (non-hydrogen) atoms. The van der Waals surface area contributed by atoms with E-state index in [0.29, 0.717) is 0 Å². The molecule has 1 nitrogen and oxygen atoms in total. The molecule has 1 aromatic rings. The lowest BCUT2D eigenvalue weighted by Gasteiger charge is -2.15. The third-order valence-corrected chi connectivity index (χ3v) is 1.62. The van der Waals surface area contributed by atoms with Gasteiger partial charge in [-0.05, 0) is 5.41 Å². The van der Waals surface area contributed by atoms with Gasteiger partial charge in [-0.2, -0.15) is 0 Å². The normalized spacial score (nSPS) is 11.3. The average molecular weight is 175 g/mol. The van der Waals surface area contributed by atoms with Crippen LogP contribution in [0.15, 0.2) is 30.3 Å². The maximum atomic E-state index is 11.6. The Morgan fingerprint density at radius 3 is 2.15 bits per heavy atom. The van der Waals surface area contributed by atoms with Crippen LogP contribution in [0, 0.1) is 11.8 Å². The molecule has 0 spiro atoms. The van der Waals surface area contributed by atoms with Gasteiger partial charge in [-0.25, -0.2) is 0 Å². The molecule has 0 saturated carbocycles. The van der Waals surface area contributed by atoms with Crippen molar-refractivity contribution < 1.29 is 4.79 Å². The molecule has 0 unspecified atom stereocenters. The summed E-state index contributed by atoms with van der Waals surface area (Å²) in [5.41, 5.74) is 0.713. The molecule has 0 aliphatic heterocycles. The summed E-state index contributed by atoms with van der Waals surface area (Å²) in [6.07, 6.45) is 1.75. The van der Waals surface area contributed by atoms with E-state index in [2.05, 4.69) is 0 Å². The SMILES string of the molecule is CC(C)(C)[CH]C(=O)c1ccccc1. The van der Waals surface area contributed by atoms with Crippen molar-refractivity contribution >= 4 is 5.78 Å². The summed E-state index contributed by atoms with van der Waals surface area (Å²) in [7, 11) is 0. The Morgan fingerprint density at radius 1 is 1.15 bits per heavy atom. The molecule has 0 heterocycles. The van der Waals surface area contributed by atoms with Gasteiger partial charge < -0.3 is 0 Å². The predicted octanol–water partition coefficient (Wildman–Crippen LogP) is 3.12. The van der Waals surface area contributed by atoms with E-state index in [0.717, 1.165) is 5.56 Å². The van der Waals surface area contributed by atoms with Crippen molar-refractivity contribution in [2.75, 3.05) is 0 Å². The molecule has 0 atom stereocenters. The van der Waals surface area contributed by atoms with Gasteiger partial charge in [-0.15, -0.1) is 0 Å². The quantitative estimate of drug-likeness (QED) is 0.631. The van der Waals surface area contributed by atoms with Crippen LogP contribution in [0.25, 0.3) is 0 Å². The summed E-state index contributed by atoms with van der Waals surface area (Å²) < 4.78 is 0. The van der Waals surface area contributed by atoms with Crippen LogP contribution in [0.3, 0.4) is 0 Å². The lowest BCUT2D eigenvalue weighted by Crippen LogP contribution is -2.14. The Bertz CT molecular complexity index is 280. The van der Waals surface area contributed by atoms with E-state index in [4.69, 9.17) is 0 Å². The Labute approximate surface area is 79.8 Å². The second-order valence-corrected chi connectivity index (χ2v) is 4.24. The highest BCUT2D eigenvalue weighted by molar-refractivity contribution is 6.02. The van der Waals surface area contributed by atoms with Gasteiger partial charge in [0.2, 0.25) is 0 Å². The topological polar surface area (TPSA) is 17.1 Å². The van der Waals surface area contributed by atoms with Crippen molar-refractivity contribution in [3.05, 3.63) is 42.3 Å². The van der Waals surface area contributed by atoms with E-state index < -0.39 is 0 Å². The van der Waals surface area contributed by atoms with Crippen LogP contribution in [0.1, 0.15) is 31.1 Å². The first-order chi connectivity index (χ1) is 5.99. The average Bonchev–Trinajstić information content (AvgIpc) is 2.03. The van der Waals surface area contributed by atoms with E-state index in [1.165, 1.54) is 0 Å². The number of hydrogen-bond acceptors (Lipinski definition) is 1. The van der Waals surface area contributed by atoms with Crippen molar-refractivity contribution in [1.29, 1.82) is 0 Å². The van der Waals surface area contributed by atoms with Gasteiger partial charge in [0.1, 0.15) is 0 Å². The molecule has 1 heteroatoms. The van der Waals surface area contributed by atoms with Gasteiger partial charge in [0, 0.05) is 12.0 Å². The second-order valence-electron chi connectivity index (χ2n) is 4.24. The van der Waals surface area contributed by atoms with Crippen molar-refractivity contribution in [3.8, 4) is 0 Å². The van der Waals surface area contributed by atoms with Crippen molar-refractivity contribution in [1.82, 2.24) is 0 Å². The lowest BCUT2D eigenvalue weighted by molar-refractivity contribution is 0.100. The van der Waals surface area contributed by atoms with Crippen molar-refractivity contribution in [2.24, 2.45) is 5.41 Å². The van der Waals surface area contributed by atoms with Crippen LogP contribution in [-0.4, -0.2) is 5.78 Å². The van der Waals surface area contributed by atoms with Gasteiger partial charge in [-0.3, -0.25) is 4.79 Å². The number of rotatable bonds is 2. The molecule has 0 N–H and O–H groups in total. The Hall–Kier alpha value is -1.11. The minimum atomic E-state index is -0.0487. The summed E-state index contributed by atoms with van der Waals surface area (Å²) in [5.74, 6) is 0.105. The van der Waals surface area contributed by atoms with E-state index in [-0.39, 0.29) is 11.2 Å². The largest absolute Gasteiger partial charge is 0.294 e. The molecule has 1 rings (SSSR count). The molecular formula is C12H15O. The highest BCUT2D eigenvalue weighted by atomic mass is 16.1. The molecule has 1 radical (unpaired) electrons. The zero-order chi connectivity index (χ0) is 9.90. The van der Waals surface area contributed by atoms with E-state index in [1.807, 2.05) is 51.1 Å². The molecule has 69 valence electrons. The molecule has 0 fully saturated rings. The number of carbonyl (C=O) groups excluding carboxylic acids is 1. The number of benzene rings is 1. The lowest BCUT2D eigenvalue weighted by atomic mass is 9.88. The number of ketones is 1. The third-order valence-electron chi connectivity index (χ3n) is 1.62. The van der Waals surface area contributed by atoms with Crippen LogP contribution < -0.4 is 0 Å². The first-order valence-corrected chi connectivity index (χ1v) is 4.44. The second kappa shape index (κ2) is 3.73. The smallest absolute Gasteiger partial charge is 0.167 e. The van der Waals surface area contributed by atoms with E-state index >= 15 is 0 Å². The first kappa shape index (κ1) is 9.97. The van der Waals surface area contributed by atoms with Crippen LogP contribution in [0.4, 0.5) is 0 Å². The first-order valence-electron chi connectivity index (χ1n) is 4.44. The molecule has 0 amide bonds. The van der Waals surface area contributed by atoms with Gasteiger partial charge in [0.15, 0.2) is 5.78 Å². The summed E-state index contributed by atoms with van der Waals surface area (Å²) in [6.45, 7) is 6.06. The highest BCUT2D eigenvalue weighted by Crippen LogP contribution is 2.19. The molecule has 0 bridgehead atoms. The molecule has 0 saturated heterocycles. The van der Waals surface area contributed by atoms with Crippen LogP contribution >= 0.6 is 0 Å². The third kappa shape index (κ3) is 3.41. The molecule has 0 aliphatic carbocycles. The van der Waals surface area contributed by atoms with Gasteiger partial charge in [-0.1, -0.05) is 51.1 Å². The fourth-order valence-electron chi connectivity index (χ4n) is 1.08. The fraction of sp³-hybridized carbons (Fsp3) is 0.333. The monoisotopic (exact) mass is 175 g/mol. The Morgan fingerprint density at radius 2 is 1.69 bits per heavy atom. The fourth-order valence-corrected chi connectivity index (χ4v) is 1.08. The van der Waals surface area contributed by atoms with Gasteiger partial charge >= 0.3 is 0 Å². The molecular weight excluding hydrogens is 160 g/mol. The van der Waals surface area contributed by atoms with Crippen molar-refractivity contribution in [2.45, 2.75) is 20.8 Å². The Kier molecular flexibility index (Phi) is 2.86. The predicted molar refractivity (Wildman–Crippen MR) is 54.5 cm³/mol. The number of carbonyl (C=O) groups is 1. The summed E-state index contributed by atoms with van der Waals surface area (Å²) in [6, 6.07) is 9.34. The maximum Gasteiger partial charge on any atom is 0.167 e. The number of Topliss-reactive ketones (excluding diaryl/α,β-unsaturated/α-hetero) is 1. The zero-order valence-electron chi connectivity index (χ0n) is 8.37. The maximum absolute atomic E-state index is 11.6. The minimum absolute atomic E-state index is 0.0487. The molecule has 0 aromatic heterocycles. The summed E-state index contributed by atoms with van der Waals surface area (Å²) in [5, 5.41) is 0. The molecule has 0 aliphatic rings. The molecule has 1 aromatic carbocycles. The van der Waals surface area contributed by atoms with E-state index in [1.54, 1.807) is 6.42 Å². The minimum Gasteiger partial charge on any atom is -0.294 e. The standard InChI is InChI=1S/C12H15O/c1-12(2,3)9-11(13)10-7-5-4-6-8-10/h4-9H,1-3H3. The van der Waals surface area contributed by atoms with Crippen LogP contribution in [0.2, 0.25) is 0 Å². The highest BCUT2D eigenvalue weighted by Gasteiger charge is 2.17. The van der Waals surface area contributed by atoms with Crippen LogP contribution in [-0.2, 0) is 0 Å². The summed E-state index contributed by atoms with van der Waals surface area (Å²) in [4.78, 5) is 11.6. The Balaban J connectivity index is 2.71. The van der Waals surface area contributed by atoms with E-state index in [9.17, 15) is 4.79 Å². The van der Waals surface area contributed by atoms with Crippen molar-refractivity contribution in [3.63, 3.8) is 0 Å². The summed E-state index contributed by atoms with van der Waals surface area (Å²) >= 11 is 0.